The minimum absolute atomic E-state index is 0.225. The van der Waals surface area contributed by atoms with Crippen molar-refractivity contribution in [3.8, 4) is 0 Å². The zero-order valence-electron chi connectivity index (χ0n) is 11.3. The van der Waals surface area contributed by atoms with Crippen molar-refractivity contribution in [1.82, 2.24) is 0 Å². The molecule has 0 unspecified atom stereocenters. The summed E-state index contributed by atoms with van der Waals surface area (Å²) in [6.07, 6.45) is -0.296. The maximum atomic E-state index is 11.7. The number of nitrogens with two attached hydrogens (primary N) is 1. The highest BCUT2D eigenvalue weighted by Gasteiger charge is 2.19. The average Bonchev–Trinajstić information content (AvgIpc) is 2.38. The fourth-order valence-corrected chi connectivity index (χ4v) is 2.72. The molecule has 0 aliphatic rings. The molecule has 0 aliphatic heterocycles. The summed E-state index contributed by atoms with van der Waals surface area (Å²) in [5, 5.41) is 2.78. The average molecular weight is 335 g/mol. The summed E-state index contributed by atoms with van der Waals surface area (Å²) in [4.78, 5) is 22.6. The SMILES string of the molecule is COC(=O)CCS(=O)(=O)CC(=O)Nc1ccc(Cl)cc1N. The number of nitrogens with one attached hydrogen (secondary N) is 1. The molecule has 7 nitrogen and oxygen atoms in total. The maximum Gasteiger partial charge on any atom is 0.306 e. The Hall–Kier alpha value is -1.80. The van der Waals surface area contributed by atoms with E-state index >= 15 is 0 Å². The Kier molecular flexibility index (Phi) is 5.98. The second-order valence-corrected chi connectivity index (χ2v) is 6.82. The van der Waals surface area contributed by atoms with Crippen molar-refractivity contribution in [3.05, 3.63) is 23.2 Å². The normalized spacial score (nSPS) is 11.0. The summed E-state index contributed by atoms with van der Waals surface area (Å²) < 4.78 is 27.7. The number of ether oxygens (including phenoxy) is 1. The van der Waals surface area contributed by atoms with Crippen LogP contribution in [0.15, 0.2) is 18.2 Å². The minimum atomic E-state index is -3.71. The summed E-state index contributed by atoms with van der Waals surface area (Å²) >= 11 is 5.71. The lowest BCUT2D eigenvalue weighted by Crippen LogP contribution is -2.26. The van der Waals surface area contributed by atoms with Crippen LogP contribution in [0.2, 0.25) is 5.02 Å². The molecule has 0 aliphatic carbocycles. The number of anilines is 2. The summed E-state index contributed by atoms with van der Waals surface area (Å²) in [7, 11) is -2.55. The molecule has 21 heavy (non-hydrogen) atoms. The number of rotatable bonds is 6. The third-order valence-corrected chi connectivity index (χ3v) is 4.25. The largest absolute Gasteiger partial charge is 0.469 e. The molecular weight excluding hydrogens is 320 g/mol. The van der Waals surface area contributed by atoms with Gasteiger partial charge in [0, 0.05) is 5.02 Å². The Labute approximate surface area is 127 Å². The number of esters is 1. The Balaban J connectivity index is 2.62. The number of hydrogen-bond donors (Lipinski definition) is 2. The Morgan fingerprint density at radius 2 is 2.05 bits per heavy atom. The van der Waals surface area contributed by atoms with Crippen molar-refractivity contribution in [1.29, 1.82) is 0 Å². The van der Waals surface area contributed by atoms with E-state index in [2.05, 4.69) is 10.1 Å². The molecule has 0 spiro atoms. The number of hydrogen-bond acceptors (Lipinski definition) is 6. The lowest BCUT2D eigenvalue weighted by molar-refractivity contribution is -0.140. The third-order valence-electron chi connectivity index (χ3n) is 2.48. The number of amides is 1. The van der Waals surface area contributed by atoms with Crippen LogP contribution in [0.4, 0.5) is 11.4 Å². The monoisotopic (exact) mass is 334 g/mol. The van der Waals surface area contributed by atoms with E-state index in [-0.39, 0.29) is 17.8 Å². The van der Waals surface area contributed by atoms with E-state index in [1.54, 1.807) is 0 Å². The summed E-state index contributed by atoms with van der Waals surface area (Å²) in [6.45, 7) is 0. The van der Waals surface area contributed by atoms with Gasteiger partial charge in [0.1, 0.15) is 5.75 Å². The molecule has 0 heterocycles. The molecule has 0 aromatic heterocycles. The highest BCUT2D eigenvalue weighted by molar-refractivity contribution is 7.92. The fraction of sp³-hybridized carbons (Fsp3) is 0.333. The first-order valence-electron chi connectivity index (χ1n) is 5.85. The quantitative estimate of drug-likeness (QED) is 0.588. The smallest absolute Gasteiger partial charge is 0.306 e. The van der Waals surface area contributed by atoms with Crippen LogP contribution in [0.5, 0.6) is 0 Å². The lowest BCUT2D eigenvalue weighted by Gasteiger charge is -2.08. The predicted molar refractivity (Wildman–Crippen MR) is 79.8 cm³/mol. The van der Waals surface area contributed by atoms with Crippen LogP contribution < -0.4 is 11.1 Å². The van der Waals surface area contributed by atoms with Crippen molar-refractivity contribution < 1.29 is 22.7 Å². The van der Waals surface area contributed by atoms with Gasteiger partial charge in [0.05, 0.1) is 30.7 Å². The molecule has 0 bridgehead atoms. The zero-order valence-corrected chi connectivity index (χ0v) is 12.8. The molecule has 1 rings (SSSR count). The number of sulfone groups is 1. The van der Waals surface area contributed by atoms with Crippen LogP contribution in [-0.2, 0) is 24.2 Å². The number of nitrogen functional groups attached to an aromatic ring is 1. The van der Waals surface area contributed by atoms with E-state index in [1.807, 2.05) is 0 Å². The van der Waals surface area contributed by atoms with Gasteiger partial charge in [0.15, 0.2) is 9.84 Å². The summed E-state index contributed by atoms with van der Waals surface area (Å²) in [6, 6.07) is 4.42. The second-order valence-electron chi connectivity index (χ2n) is 4.20. The van der Waals surface area contributed by atoms with Gasteiger partial charge in [-0.3, -0.25) is 9.59 Å². The van der Waals surface area contributed by atoms with Gasteiger partial charge in [-0.2, -0.15) is 0 Å². The number of carbonyl (C=O) groups excluding carboxylic acids is 2. The van der Waals surface area contributed by atoms with E-state index in [0.717, 1.165) is 7.11 Å². The molecule has 1 aromatic rings. The standard InChI is InChI=1S/C12H15ClN2O5S/c1-20-12(17)4-5-21(18,19)7-11(16)15-10-3-2-8(13)6-9(10)14/h2-3,6H,4-5,7,14H2,1H3,(H,15,16). The number of methoxy groups -OCH3 is 1. The van der Waals surface area contributed by atoms with Crippen LogP contribution in [0.3, 0.4) is 0 Å². The molecular formula is C12H15ClN2O5S. The molecule has 1 aromatic carbocycles. The van der Waals surface area contributed by atoms with Crippen LogP contribution in [0.25, 0.3) is 0 Å². The van der Waals surface area contributed by atoms with Crippen LogP contribution in [-0.4, -0.2) is 38.9 Å². The summed E-state index contributed by atoms with van der Waals surface area (Å²) in [5.41, 5.74) is 6.14. The summed E-state index contributed by atoms with van der Waals surface area (Å²) in [5.74, 6) is -2.59. The van der Waals surface area contributed by atoms with Gasteiger partial charge in [-0.15, -0.1) is 0 Å². The van der Waals surface area contributed by atoms with E-state index in [0.29, 0.717) is 5.02 Å². The maximum absolute atomic E-state index is 11.7. The van der Waals surface area contributed by atoms with E-state index in [9.17, 15) is 18.0 Å². The first-order chi connectivity index (χ1) is 9.73. The van der Waals surface area contributed by atoms with E-state index in [1.165, 1.54) is 18.2 Å². The van der Waals surface area contributed by atoms with Gasteiger partial charge in [-0.1, -0.05) is 11.6 Å². The lowest BCUT2D eigenvalue weighted by atomic mass is 10.2. The van der Waals surface area contributed by atoms with Crippen molar-refractivity contribution in [2.45, 2.75) is 6.42 Å². The van der Waals surface area contributed by atoms with Gasteiger partial charge in [0.2, 0.25) is 5.91 Å². The van der Waals surface area contributed by atoms with Crippen LogP contribution >= 0.6 is 11.6 Å². The Morgan fingerprint density at radius 1 is 1.38 bits per heavy atom. The molecule has 1 amide bonds. The number of halogens is 1. The molecule has 0 atom stereocenters. The van der Waals surface area contributed by atoms with E-state index < -0.39 is 33.2 Å². The van der Waals surface area contributed by atoms with Gasteiger partial charge < -0.3 is 15.8 Å². The second kappa shape index (κ2) is 7.28. The van der Waals surface area contributed by atoms with Crippen molar-refractivity contribution in [3.63, 3.8) is 0 Å². The van der Waals surface area contributed by atoms with Gasteiger partial charge >= 0.3 is 5.97 Å². The molecule has 0 saturated carbocycles. The minimum Gasteiger partial charge on any atom is -0.469 e. The van der Waals surface area contributed by atoms with E-state index in [4.69, 9.17) is 17.3 Å². The molecule has 3 N–H and O–H groups in total. The molecule has 0 radical (unpaired) electrons. The van der Waals surface area contributed by atoms with Gasteiger partial charge in [-0.05, 0) is 18.2 Å². The Morgan fingerprint density at radius 3 is 2.62 bits per heavy atom. The van der Waals surface area contributed by atoms with Gasteiger partial charge in [-0.25, -0.2) is 8.42 Å². The van der Waals surface area contributed by atoms with Crippen LogP contribution in [0, 0.1) is 0 Å². The highest BCUT2D eigenvalue weighted by atomic mass is 35.5. The topological polar surface area (TPSA) is 116 Å². The first kappa shape index (κ1) is 17.3. The molecule has 116 valence electrons. The Bertz CT molecular complexity index is 645. The third kappa shape index (κ3) is 6.01. The fourth-order valence-electron chi connectivity index (χ4n) is 1.45. The van der Waals surface area contributed by atoms with Crippen molar-refractivity contribution >= 4 is 44.7 Å². The molecule has 0 fully saturated rings. The zero-order chi connectivity index (χ0) is 16.0. The number of benzene rings is 1. The highest BCUT2D eigenvalue weighted by Crippen LogP contribution is 2.22. The van der Waals surface area contributed by atoms with Crippen molar-refractivity contribution in [2.24, 2.45) is 0 Å². The van der Waals surface area contributed by atoms with Crippen molar-refractivity contribution in [2.75, 3.05) is 29.7 Å². The first-order valence-corrected chi connectivity index (χ1v) is 8.05. The van der Waals surface area contributed by atoms with Gasteiger partial charge in [0.25, 0.3) is 0 Å². The molecule has 0 saturated heterocycles. The van der Waals surface area contributed by atoms with Crippen LogP contribution in [0.1, 0.15) is 6.42 Å². The predicted octanol–water partition coefficient (Wildman–Crippen LogP) is 0.839. The molecule has 9 heteroatoms. The number of carbonyl (C=O) groups is 2.